The summed E-state index contributed by atoms with van der Waals surface area (Å²) in [7, 11) is 0. The summed E-state index contributed by atoms with van der Waals surface area (Å²) >= 11 is 0. The summed E-state index contributed by atoms with van der Waals surface area (Å²) < 4.78 is 47.0. The first kappa shape index (κ1) is 29.4. The average molecular weight is 567 g/mol. The molecule has 1 aromatic heterocycles. The highest BCUT2D eigenvalue weighted by Gasteiger charge is 2.33. The molecular weight excluding hydrogens is 537 g/mol. The van der Waals surface area contributed by atoms with Gasteiger partial charge in [-0.2, -0.15) is 18.4 Å². The smallest absolute Gasteiger partial charge is 0.416 e. The number of alkyl halides is 3. The first-order valence-electron chi connectivity index (χ1n) is 12.9. The highest BCUT2D eigenvalue weighted by Crippen LogP contribution is 2.35. The van der Waals surface area contributed by atoms with Crippen molar-refractivity contribution in [2.75, 3.05) is 5.32 Å². The zero-order valence-corrected chi connectivity index (χ0v) is 22.7. The quantitative estimate of drug-likeness (QED) is 0.340. The number of carbonyl (C=O) groups is 2. The van der Waals surface area contributed by atoms with Crippen LogP contribution in [0.15, 0.2) is 54.7 Å². The number of carbonyl (C=O) groups excluding carboxylic acids is 1. The number of pyridine rings is 1. The number of halogens is 3. The summed E-state index contributed by atoms with van der Waals surface area (Å²) in [6.45, 7) is 4.67. The number of amides is 2. The molecule has 2 amide bonds. The molecule has 2 aromatic carbocycles. The molecule has 1 aliphatic rings. The molecule has 1 atom stereocenters. The number of aromatic nitrogens is 1. The molecule has 0 bridgehead atoms. The topological polar surface area (TPSA) is 116 Å². The van der Waals surface area contributed by atoms with Gasteiger partial charge in [0.05, 0.1) is 5.56 Å². The molecule has 1 aliphatic carbocycles. The number of hydrogen-bond donors (Lipinski definition) is 2. The van der Waals surface area contributed by atoms with Crippen molar-refractivity contribution < 1.29 is 32.6 Å². The van der Waals surface area contributed by atoms with Crippen molar-refractivity contribution in [2.45, 2.75) is 58.3 Å². The number of aryl methyl sites for hydroxylation is 1. The van der Waals surface area contributed by atoms with Crippen molar-refractivity contribution in [1.82, 2.24) is 9.88 Å². The SMILES string of the molecule is CC(C)(C)N(Cc1cc(NC(=O)C2CCc3ccc(Oc4ccnc(C#N)c4)cc3C2)cc(C(F)(F)F)c1)C(=O)O. The minimum Gasteiger partial charge on any atom is -0.465 e. The van der Waals surface area contributed by atoms with E-state index in [1.54, 1.807) is 32.9 Å². The highest BCUT2D eigenvalue weighted by atomic mass is 19.4. The summed E-state index contributed by atoms with van der Waals surface area (Å²) in [6, 6.07) is 13.7. The van der Waals surface area contributed by atoms with Crippen molar-refractivity contribution in [1.29, 1.82) is 5.26 Å². The number of anilines is 1. The lowest BCUT2D eigenvalue weighted by atomic mass is 9.83. The Morgan fingerprint density at radius 3 is 2.49 bits per heavy atom. The molecule has 8 nitrogen and oxygen atoms in total. The lowest BCUT2D eigenvalue weighted by Gasteiger charge is -2.33. The highest BCUT2D eigenvalue weighted by molar-refractivity contribution is 5.93. The fraction of sp³-hybridized carbons (Fsp3) is 0.333. The standard InChI is InChI=1S/C30H29F3N4O4/c1-29(2,3)37(28(39)40)17-18-10-22(30(31,32)33)14-23(11-18)36-27(38)20-5-4-19-6-7-25(13-21(19)12-20)41-26-8-9-35-24(15-26)16-34/h6-11,13-15,20H,4-5,12,17H2,1-3H3,(H,36,38)(H,39,40). The summed E-state index contributed by atoms with van der Waals surface area (Å²) in [5.41, 5.74) is 0.380. The van der Waals surface area contributed by atoms with Gasteiger partial charge in [0.1, 0.15) is 23.3 Å². The zero-order chi connectivity index (χ0) is 29.9. The number of rotatable bonds is 6. The first-order chi connectivity index (χ1) is 19.2. The van der Waals surface area contributed by atoms with Crippen LogP contribution in [-0.4, -0.2) is 32.5 Å². The monoisotopic (exact) mass is 566 g/mol. The summed E-state index contributed by atoms with van der Waals surface area (Å²) in [5, 5.41) is 21.3. The number of nitrogens with one attached hydrogen (secondary N) is 1. The number of carboxylic acid groups (broad SMARTS) is 1. The van der Waals surface area contributed by atoms with Gasteiger partial charge in [-0.05, 0) is 93.1 Å². The van der Waals surface area contributed by atoms with Crippen molar-refractivity contribution in [3.63, 3.8) is 0 Å². The molecule has 0 spiro atoms. The Kier molecular flexibility index (Phi) is 8.24. The molecule has 0 saturated heterocycles. The van der Waals surface area contributed by atoms with Gasteiger partial charge in [-0.15, -0.1) is 0 Å². The van der Waals surface area contributed by atoms with Gasteiger partial charge >= 0.3 is 12.3 Å². The maximum absolute atomic E-state index is 13.7. The molecular formula is C30H29F3N4O4. The average Bonchev–Trinajstić information content (AvgIpc) is 2.90. The molecule has 214 valence electrons. The molecule has 1 heterocycles. The summed E-state index contributed by atoms with van der Waals surface area (Å²) in [6.07, 6.45) is -3.01. The van der Waals surface area contributed by atoms with E-state index in [1.807, 2.05) is 18.2 Å². The van der Waals surface area contributed by atoms with Crippen LogP contribution >= 0.6 is 0 Å². The maximum atomic E-state index is 13.7. The third-order valence-electron chi connectivity index (χ3n) is 6.83. The minimum absolute atomic E-state index is 0.0482. The molecule has 41 heavy (non-hydrogen) atoms. The molecule has 4 rings (SSSR count). The summed E-state index contributed by atoms with van der Waals surface area (Å²) in [4.78, 5) is 29.9. The van der Waals surface area contributed by atoms with E-state index in [9.17, 15) is 27.9 Å². The lowest BCUT2D eigenvalue weighted by molar-refractivity contribution is -0.137. The predicted molar refractivity (Wildman–Crippen MR) is 144 cm³/mol. The normalized spacial score (nSPS) is 14.9. The largest absolute Gasteiger partial charge is 0.465 e. The number of nitriles is 1. The van der Waals surface area contributed by atoms with E-state index in [4.69, 9.17) is 10.00 Å². The first-order valence-corrected chi connectivity index (χ1v) is 12.9. The Hall–Kier alpha value is -4.59. The molecule has 2 N–H and O–H groups in total. The lowest BCUT2D eigenvalue weighted by Crippen LogP contribution is -2.44. The predicted octanol–water partition coefficient (Wildman–Crippen LogP) is 6.79. The fourth-order valence-electron chi connectivity index (χ4n) is 4.73. The van der Waals surface area contributed by atoms with Gasteiger partial charge in [-0.3, -0.25) is 9.69 Å². The van der Waals surface area contributed by atoms with Crippen molar-refractivity contribution in [3.05, 3.63) is 82.7 Å². The van der Waals surface area contributed by atoms with E-state index in [-0.39, 0.29) is 23.5 Å². The van der Waals surface area contributed by atoms with Crippen LogP contribution in [0.5, 0.6) is 11.5 Å². The molecule has 1 unspecified atom stereocenters. The van der Waals surface area contributed by atoms with Gasteiger partial charge in [-0.25, -0.2) is 9.78 Å². The number of hydrogen-bond acceptors (Lipinski definition) is 5. The van der Waals surface area contributed by atoms with E-state index >= 15 is 0 Å². The Bertz CT molecular complexity index is 1510. The van der Waals surface area contributed by atoms with Crippen LogP contribution in [0, 0.1) is 17.2 Å². The second-order valence-electron chi connectivity index (χ2n) is 10.9. The van der Waals surface area contributed by atoms with Crippen LogP contribution in [0.2, 0.25) is 0 Å². The minimum atomic E-state index is -4.69. The Morgan fingerprint density at radius 1 is 1.10 bits per heavy atom. The molecule has 0 fully saturated rings. The van der Waals surface area contributed by atoms with Crippen molar-refractivity contribution in [3.8, 4) is 17.6 Å². The Labute approximate surface area is 235 Å². The van der Waals surface area contributed by atoms with Gasteiger partial charge in [0.25, 0.3) is 0 Å². The molecule has 11 heteroatoms. The molecule has 0 radical (unpaired) electrons. The second kappa shape index (κ2) is 11.5. The van der Waals surface area contributed by atoms with Gasteiger partial charge < -0.3 is 15.2 Å². The maximum Gasteiger partial charge on any atom is 0.416 e. The van der Waals surface area contributed by atoms with Crippen LogP contribution in [0.25, 0.3) is 0 Å². The van der Waals surface area contributed by atoms with E-state index in [0.29, 0.717) is 30.8 Å². The Balaban J connectivity index is 1.52. The molecule has 0 aliphatic heterocycles. The third-order valence-corrected chi connectivity index (χ3v) is 6.83. The van der Waals surface area contributed by atoms with E-state index in [0.717, 1.165) is 28.2 Å². The van der Waals surface area contributed by atoms with Gasteiger partial charge in [0.15, 0.2) is 0 Å². The fourth-order valence-corrected chi connectivity index (χ4v) is 4.73. The van der Waals surface area contributed by atoms with Crippen LogP contribution in [0.4, 0.5) is 23.7 Å². The van der Waals surface area contributed by atoms with Crippen molar-refractivity contribution >= 4 is 17.7 Å². The third kappa shape index (κ3) is 7.33. The second-order valence-corrected chi connectivity index (χ2v) is 10.9. The Morgan fingerprint density at radius 2 is 1.83 bits per heavy atom. The number of benzene rings is 2. The van der Waals surface area contributed by atoms with Crippen LogP contribution < -0.4 is 10.1 Å². The van der Waals surface area contributed by atoms with Crippen LogP contribution in [0.3, 0.4) is 0 Å². The van der Waals surface area contributed by atoms with Crippen LogP contribution in [-0.2, 0) is 30.4 Å². The van der Waals surface area contributed by atoms with E-state index < -0.39 is 35.2 Å². The summed E-state index contributed by atoms with van der Waals surface area (Å²) in [5.74, 6) is 0.0389. The number of nitrogens with zero attached hydrogens (tertiary/aromatic N) is 3. The van der Waals surface area contributed by atoms with E-state index in [2.05, 4.69) is 10.3 Å². The van der Waals surface area contributed by atoms with Crippen molar-refractivity contribution in [2.24, 2.45) is 5.92 Å². The van der Waals surface area contributed by atoms with Gasteiger partial charge in [-0.1, -0.05) is 6.07 Å². The van der Waals surface area contributed by atoms with Crippen LogP contribution in [0.1, 0.15) is 55.1 Å². The zero-order valence-electron chi connectivity index (χ0n) is 22.7. The molecule has 0 saturated carbocycles. The molecule has 3 aromatic rings. The number of ether oxygens (including phenoxy) is 1. The number of fused-ring (bicyclic) bond motifs is 1. The van der Waals surface area contributed by atoms with Gasteiger partial charge in [0.2, 0.25) is 5.91 Å². The van der Waals surface area contributed by atoms with E-state index in [1.165, 1.54) is 18.3 Å². The van der Waals surface area contributed by atoms with Gasteiger partial charge in [0, 0.05) is 36.0 Å².